The van der Waals surface area contributed by atoms with E-state index in [0.717, 1.165) is 30.4 Å². The van der Waals surface area contributed by atoms with Gasteiger partial charge >= 0.3 is 6.09 Å². The van der Waals surface area contributed by atoms with Gasteiger partial charge in [-0.25, -0.2) is 9.78 Å². The van der Waals surface area contributed by atoms with E-state index in [-0.39, 0.29) is 43.9 Å². The van der Waals surface area contributed by atoms with Crippen molar-refractivity contribution < 1.29 is 24.5 Å². The maximum atomic E-state index is 14.3. The van der Waals surface area contributed by atoms with Crippen molar-refractivity contribution in [3.8, 4) is 11.3 Å². The summed E-state index contributed by atoms with van der Waals surface area (Å²) < 4.78 is 7.35. The third-order valence-corrected chi connectivity index (χ3v) is 8.80. The molecule has 1 aliphatic heterocycles. The minimum absolute atomic E-state index is 0.137. The lowest BCUT2D eigenvalue weighted by molar-refractivity contribution is -0.0893. The molecule has 0 bridgehead atoms. The van der Waals surface area contributed by atoms with Crippen molar-refractivity contribution in [3.63, 3.8) is 0 Å². The number of carboxylic acid groups (broad SMARTS) is 1. The highest BCUT2D eigenvalue weighted by molar-refractivity contribution is 6.35. The topological polar surface area (TPSA) is 108 Å². The van der Waals surface area contributed by atoms with Crippen LogP contribution in [0.15, 0.2) is 54.9 Å². The molecule has 2 heterocycles. The summed E-state index contributed by atoms with van der Waals surface area (Å²) >= 11 is 12.6. The Morgan fingerprint density at radius 2 is 1.90 bits per heavy atom. The quantitative estimate of drug-likeness (QED) is 0.376. The summed E-state index contributed by atoms with van der Waals surface area (Å²) in [5, 5.41) is 22.3. The average molecular weight is 602 g/mol. The highest BCUT2D eigenvalue weighted by Crippen LogP contribution is 2.41. The molecule has 0 unspecified atom stereocenters. The molecule has 9 nitrogen and oxygen atoms in total. The number of hydrogen-bond acceptors (Lipinski definition) is 5. The van der Waals surface area contributed by atoms with Crippen molar-refractivity contribution in [2.75, 3.05) is 33.4 Å². The van der Waals surface area contributed by atoms with E-state index in [1.54, 1.807) is 36.5 Å². The SMILES string of the molecule is COC[C@]1(O)CCCC[C@H]1n1cnc(C(=O)N2CCN(C(=O)O)C[C@H]2Cc2ccc(Cl)cc2Cl)c1-c1ccccc1. The van der Waals surface area contributed by atoms with Crippen LogP contribution in [0.1, 0.15) is 47.8 Å². The van der Waals surface area contributed by atoms with Crippen LogP contribution in [0.25, 0.3) is 11.3 Å². The van der Waals surface area contributed by atoms with E-state index in [1.807, 2.05) is 34.9 Å². The number of carbonyl (C=O) groups excluding carboxylic acids is 1. The Bertz CT molecular complexity index is 1400. The minimum atomic E-state index is -1.10. The number of carbonyl (C=O) groups is 2. The average Bonchev–Trinajstić information content (AvgIpc) is 3.39. The summed E-state index contributed by atoms with van der Waals surface area (Å²) in [6.45, 7) is 0.703. The second-order valence-electron chi connectivity index (χ2n) is 10.8. The van der Waals surface area contributed by atoms with Crippen LogP contribution < -0.4 is 0 Å². The lowest BCUT2D eigenvalue weighted by Crippen LogP contribution is -2.57. The maximum Gasteiger partial charge on any atom is 0.407 e. The van der Waals surface area contributed by atoms with Gasteiger partial charge in [-0.15, -0.1) is 0 Å². The number of aliphatic hydroxyl groups is 1. The van der Waals surface area contributed by atoms with Crippen LogP contribution >= 0.6 is 23.2 Å². The Balaban J connectivity index is 1.55. The summed E-state index contributed by atoms with van der Waals surface area (Å²) in [6, 6.07) is 13.9. The van der Waals surface area contributed by atoms with E-state index >= 15 is 0 Å². The lowest BCUT2D eigenvalue weighted by Gasteiger charge is -2.41. The summed E-state index contributed by atoms with van der Waals surface area (Å²) in [6.07, 6.45) is 4.09. The fourth-order valence-electron chi connectivity index (χ4n) is 6.20. The van der Waals surface area contributed by atoms with Crippen LogP contribution in [0.4, 0.5) is 4.79 Å². The molecule has 2 N–H and O–H groups in total. The fraction of sp³-hybridized carbons (Fsp3) is 0.433. The zero-order chi connectivity index (χ0) is 29.1. The van der Waals surface area contributed by atoms with Gasteiger partial charge in [0.05, 0.1) is 30.7 Å². The van der Waals surface area contributed by atoms with Gasteiger partial charge in [0.15, 0.2) is 5.69 Å². The van der Waals surface area contributed by atoms with Crippen molar-refractivity contribution in [3.05, 3.63) is 76.2 Å². The Labute approximate surface area is 249 Å². The summed E-state index contributed by atoms with van der Waals surface area (Å²) in [4.78, 5) is 33.9. The standard InChI is InChI=1S/C30H34Cl2N4O5/c1-41-18-30(40)12-6-5-9-25(30)36-19-33-26(27(36)20-7-3-2-4-8-20)28(37)35-14-13-34(29(38)39)17-23(35)15-21-10-11-22(31)16-24(21)32/h2-4,7-8,10-11,16,19,23,25,40H,5-6,9,12-15,17-18H2,1H3,(H,38,39)/t23-,25-,30-/m1/s1. The molecule has 1 saturated heterocycles. The van der Waals surface area contributed by atoms with E-state index in [9.17, 15) is 19.8 Å². The Morgan fingerprint density at radius 1 is 1.12 bits per heavy atom. The van der Waals surface area contributed by atoms with Crippen LogP contribution in [0.5, 0.6) is 0 Å². The summed E-state index contributed by atoms with van der Waals surface area (Å²) in [7, 11) is 1.58. The second kappa shape index (κ2) is 12.4. The fourth-order valence-corrected chi connectivity index (χ4v) is 6.69. The van der Waals surface area contributed by atoms with Crippen LogP contribution in [0.3, 0.4) is 0 Å². The Morgan fingerprint density at radius 3 is 2.61 bits per heavy atom. The first-order valence-electron chi connectivity index (χ1n) is 13.8. The number of ether oxygens (including phenoxy) is 1. The van der Waals surface area contributed by atoms with Crippen molar-refractivity contribution in [1.29, 1.82) is 0 Å². The second-order valence-corrected chi connectivity index (χ2v) is 11.7. The largest absolute Gasteiger partial charge is 0.465 e. The highest BCUT2D eigenvalue weighted by atomic mass is 35.5. The number of hydrogen-bond donors (Lipinski definition) is 2. The molecule has 3 aromatic rings. The van der Waals surface area contributed by atoms with Gasteiger partial charge in [0.25, 0.3) is 5.91 Å². The summed E-state index contributed by atoms with van der Waals surface area (Å²) in [5.41, 5.74) is 1.36. The number of methoxy groups -OCH3 is 1. The lowest BCUT2D eigenvalue weighted by atomic mass is 9.80. The van der Waals surface area contributed by atoms with E-state index in [4.69, 9.17) is 27.9 Å². The van der Waals surface area contributed by atoms with E-state index in [2.05, 4.69) is 4.98 Å². The number of imidazole rings is 1. The van der Waals surface area contributed by atoms with Crippen molar-refractivity contribution in [1.82, 2.24) is 19.4 Å². The molecule has 11 heteroatoms. The smallest absolute Gasteiger partial charge is 0.407 e. The van der Waals surface area contributed by atoms with Crippen LogP contribution in [0.2, 0.25) is 10.0 Å². The molecular formula is C30H34Cl2N4O5. The third-order valence-electron chi connectivity index (χ3n) is 8.22. The van der Waals surface area contributed by atoms with Crippen LogP contribution in [0, 0.1) is 0 Å². The van der Waals surface area contributed by atoms with Crippen molar-refractivity contribution in [2.24, 2.45) is 0 Å². The van der Waals surface area contributed by atoms with Gasteiger partial charge in [-0.3, -0.25) is 4.79 Å². The molecule has 2 fully saturated rings. The van der Waals surface area contributed by atoms with Crippen LogP contribution in [-0.2, 0) is 11.2 Å². The van der Waals surface area contributed by atoms with Gasteiger partial charge in [0.2, 0.25) is 0 Å². The molecule has 0 spiro atoms. The molecule has 1 aromatic heterocycles. The molecule has 218 valence electrons. The normalized spacial score (nSPS) is 23.0. The first-order valence-corrected chi connectivity index (χ1v) is 14.5. The van der Waals surface area contributed by atoms with Crippen molar-refractivity contribution in [2.45, 2.75) is 49.8 Å². The maximum absolute atomic E-state index is 14.3. The highest BCUT2D eigenvalue weighted by Gasteiger charge is 2.43. The van der Waals surface area contributed by atoms with Crippen molar-refractivity contribution >= 4 is 35.2 Å². The summed E-state index contributed by atoms with van der Waals surface area (Å²) in [5.74, 6) is -0.297. The number of aromatic nitrogens is 2. The van der Waals surface area contributed by atoms with Gasteiger partial charge in [0.1, 0.15) is 5.60 Å². The number of amides is 2. The Kier molecular flexibility index (Phi) is 8.89. The number of benzene rings is 2. The molecule has 0 radical (unpaired) electrons. The number of halogens is 2. The van der Waals surface area contributed by atoms with E-state index < -0.39 is 17.7 Å². The first-order chi connectivity index (χ1) is 19.7. The molecule has 3 atom stereocenters. The first kappa shape index (κ1) is 29.4. The molecule has 2 amide bonds. The van der Waals surface area contributed by atoms with E-state index in [1.165, 1.54) is 4.90 Å². The van der Waals surface area contributed by atoms with Gasteiger partial charge in [0, 0.05) is 42.4 Å². The zero-order valence-corrected chi connectivity index (χ0v) is 24.4. The van der Waals surface area contributed by atoms with Gasteiger partial charge in [-0.05, 0) is 37.0 Å². The minimum Gasteiger partial charge on any atom is -0.465 e. The molecule has 41 heavy (non-hydrogen) atoms. The third kappa shape index (κ3) is 6.09. The predicted octanol–water partition coefficient (Wildman–Crippen LogP) is 5.40. The molecular weight excluding hydrogens is 567 g/mol. The van der Waals surface area contributed by atoms with Crippen LogP contribution in [-0.4, -0.2) is 86.6 Å². The number of nitrogens with zero attached hydrogens (tertiary/aromatic N) is 4. The predicted molar refractivity (Wildman–Crippen MR) is 157 cm³/mol. The number of rotatable bonds is 7. The molecule has 1 aliphatic carbocycles. The van der Waals surface area contributed by atoms with Gasteiger partial charge < -0.3 is 29.3 Å². The molecule has 5 rings (SSSR count). The molecule has 1 saturated carbocycles. The molecule has 2 aromatic carbocycles. The van der Waals surface area contributed by atoms with Gasteiger partial charge in [-0.1, -0.05) is 72.4 Å². The zero-order valence-electron chi connectivity index (χ0n) is 22.9. The van der Waals surface area contributed by atoms with E-state index in [0.29, 0.717) is 28.6 Å². The Hall–Kier alpha value is -3.11. The number of piperazine rings is 1. The van der Waals surface area contributed by atoms with Gasteiger partial charge in [-0.2, -0.15) is 0 Å². The monoisotopic (exact) mass is 600 g/mol. The molecule has 2 aliphatic rings.